The number of aryl methyl sites for hydroxylation is 1. The summed E-state index contributed by atoms with van der Waals surface area (Å²) in [6.07, 6.45) is 0. The SMILES string of the molecule is Cc1ccc([N+](=O)[O-])cc1[N+]#N. The average Bonchev–Trinajstić information content (AvgIpc) is 2.05. The Morgan fingerprint density at radius 1 is 1.58 bits per heavy atom. The van der Waals surface area contributed by atoms with Gasteiger partial charge in [-0.05, 0) is 13.0 Å². The summed E-state index contributed by atoms with van der Waals surface area (Å²) in [7, 11) is 0. The summed E-state index contributed by atoms with van der Waals surface area (Å²) in [6.45, 7) is 1.71. The zero-order valence-electron chi connectivity index (χ0n) is 6.39. The van der Waals surface area contributed by atoms with Crippen molar-refractivity contribution in [3.63, 3.8) is 0 Å². The van der Waals surface area contributed by atoms with E-state index in [-0.39, 0.29) is 11.4 Å². The zero-order valence-corrected chi connectivity index (χ0v) is 6.39. The number of benzene rings is 1. The summed E-state index contributed by atoms with van der Waals surface area (Å²) in [4.78, 5) is 12.6. The van der Waals surface area contributed by atoms with Gasteiger partial charge >= 0.3 is 5.69 Å². The third-order valence-corrected chi connectivity index (χ3v) is 1.51. The second kappa shape index (κ2) is 2.96. The minimum atomic E-state index is -0.534. The van der Waals surface area contributed by atoms with Gasteiger partial charge in [-0.2, -0.15) is 0 Å². The Kier molecular flexibility index (Phi) is 2.01. The molecule has 0 amide bonds. The van der Waals surface area contributed by atoms with Crippen LogP contribution in [0.2, 0.25) is 0 Å². The van der Waals surface area contributed by atoms with Gasteiger partial charge in [0.2, 0.25) is 5.39 Å². The van der Waals surface area contributed by atoms with Crippen LogP contribution in [-0.2, 0) is 0 Å². The molecule has 0 saturated carbocycles. The molecule has 0 aliphatic carbocycles. The van der Waals surface area contributed by atoms with E-state index in [4.69, 9.17) is 5.39 Å². The molecule has 0 saturated heterocycles. The Morgan fingerprint density at radius 3 is 2.75 bits per heavy atom. The highest BCUT2D eigenvalue weighted by Crippen LogP contribution is 2.23. The Hall–Kier alpha value is -1.96. The molecule has 0 aromatic heterocycles. The third-order valence-electron chi connectivity index (χ3n) is 1.51. The summed E-state index contributed by atoms with van der Waals surface area (Å²) in [6, 6.07) is 4.12. The molecule has 0 unspecified atom stereocenters. The van der Waals surface area contributed by atoms with Crippen molar-refractivity contribution in [3.8, 4) is 0 Å². The summed E-state index contributed by atoms with van der Waals surface area (Å²) in [5.41, 5.74) is 0.848. The summed E-state index contributed by atoms with van der Waals surface area (Å²) in [5, 5.41) is 18.7. The highest BCUT2D eigenvalue weighted by Gasteiger charge is 2.15. The lowest BCUT2D eigenvalue weighted by atomic mass is 10.2. The number of nitro groups is 1. The van der Waals surface area contributed by atoms with E-state index >= 15 is 0 Å². The number of rotatable bonds is 1. The van der Waals surface area contributed by atoms with Gasteiger partial charge in [0.25, 0.3) is 5.69 Å². The average molecular weight is 164 g/mol. The van der Waals surface area contributed by atoms with Gasteiger partial charge in [0.05, 0.1) is 4.92 Å². The molecule has 0 bridgehead atoms. The van der Waals surface area contributed by atoms with Crippen LogP contribution in [0.5, 0.6) is 0 Å². The molecule has 0 atom stereocenters. The first kappa shape index (κ1) is 8.14. The molecular formula is C7H6N3O2+. The lowest BCUT2D eigenvalue weighted by Gasteiger charge is -1.88. The Balaban J connectivity index is 3.25. The lowest BCUT2D eigenvalue weighted by molar-refractivity contribution is -0.384. The minimum absolute atomic E-state index is 0.0756. The topological polar surface area (TPSA) is 71.3 Å². The molecule has 0 aliphatic heterocycles. The van der Waals surface area contributed by atoms with Crippen LogP contribution in [0.4, 0.5) is 11.4 Å². The molecule has 0 heterocycles. The first-order valence-electron chi connectivity index (χ1n) is 3.25. The Labute approximate surface area is 68.4 Å². The van der Waals surface area contributed by atoms with E-state index in [1.165, 1.54) is 18.2 Å². The zero-order chi connectivity index (χ0) is 9.14. The molecule has 60 valence electrons. The number of hydrogen-bond acceptors (Lipinski definition) is 3. The predicted molar refractivity (Wildman–Crippen MR) is 42.6 cm³/mol. The fourth-order valence-corrected chi connectivity index (χ4v) is 0.819. The Morgan fingerprint density at radius 2 is 2.25 bits per heavy atom. The molecule has 0 N–H and O–H groups in total. The normalized spacial score (nSPS) is 9.00. The monoisotopic (exact) mass is 164 g/mol. The van der Waals surface area contributed by atoms with Crippen molar-refractivity contribution in [2.24, 2.45) is 0 Å². The van der Waals surface area contributed by atoms with Crippen molar-refractivity contribution in [3.05, 3.63) is 38.9 Å². The lowest BCUT2D eigenvalue weighted by Crippen LogP contribution is -1.87. The summed E-state index contributed by atoms with van der Waals surface area (Å²) >= 11 is 0. The third kappa shape index (κ3) is 1.37. The van der Waals surface area contributed by atoms with Crippen molar-refractivity contribution in [2.45, 2.75) is 6.92 Å². The first-order valence-corrected chi connectivity index (χ1v) is 3.25. The molecule has 1 rings (SSSR count). The highest BCUT2D eigenvalue weighted by molar-refractivity contribution is 5.56. The Bertz CT molecular complexity index is 367. The van der Waals surface area contributed by atoms with E-state index in [0.717, 1.165) is 0 Å². The first-order chi connectivity index (χ1) is 5.65. The van der Waals surface area contributed by atoms with Crippen LogP contribution in [0.25, 0.3) is 4.98 Å². The summed E-state index contributed by atoms with van der Waals surface area (Å²) in [5.74, 6) is 0. The van der Waals surface area contributed by atoms with Gasteiger partial charge in [-0.3, -0.25) is 10.1 Å². The van der Waals surface area contributed by atoms with Crippen molar-refractivity contribution in [2.75, 3.05) is 0 Å². The number of diazo groups is 1. The van der Waals surface area contributed by atoms with Crippen LogP contribution in [0, 0.1) is 22.4 Å². The predicted octanol–water partition coefficient (Wildman–Crippen LogP) is 2.39. The van der Waals surface area contributed by atoms with Gasteiger partial charge in [0.15, 0.2) is 4.98 Å². The molecular weight excluding hydrogens is 158 g/mol. The quantitative estimate of drug-likeness (QED) is 0.363. The highest BCUT2D eigenvalue weighted by atomic mass is 16.6. The number of non-ortho nitro benzene ring substituents is 1. The molecule has 1 aromatic carbocycles. The van der Waals surface area contributed by atoms with Gasteiger partial charge in [0.1, 0.15) is 6.07 Å². The molecule has 5 nitrogen and oxygen atoms in total. The van der Waals surface area contributed by atoms with Gasteiger partial charge in [-0.15, -0.1) is 0 Å². The fraction of sp³-hybridized carbons (Fsp3) is 0.143. The maximum Gasteiger partial charge on any atom is 0.394 e. The second-order valence-electron chi connectivity index (χ2n) is 2.33. The van der Waals surface area contributed by atoms with Crippen LogP contribution < -0.4 is 0 Å². The molecule has 1 aromatic rings. The minimum Gasteiger partial charge on any atom is -0.258 e. The van der Waals surface area contributed by atoms with E-state index in [9.17, 15) is 10.1 Å². The van der Waals surface area contributed by atoms with Crippen LogP contribution in [0.1, 0.15) is 5.56 Å². The van der Waals surface area contributed by atoms with Crippen LogP contribution in [0.3, 0.4) is 0 Å². The van der Waals surface area contributed by atoms with E-state index in [1.807, 2.05) is 0 Å². The standard InChI is InChI=1S/C7H6N3O2/c1-5-2-3-6(10(11)12)4-7(5)9-8/h2-4H,1H3/q+1. The maximum atomic E-state index is 10.3. The van der Waals surface area contributed by atoms with Crippen molar-refractivity contribution >= 4 is 11.4 Å². The smallest absolute Gasteiger partial charge is 0.258 e. The second-order valence-corrected chi connectivity index (χ2v) is 2.33. The van der Waals surface area contributed by atoms with E-state index in [0.29, 0.717) is 5.56 Å². The largest absolute Gasteiger partial charge is 0.394 e. The fourth-order valence-electron chi connectivity index (χ4n) is 0.819. The number of nitrogens with zero attached hydrogens (tertiary/aromatic N) is 3. The molecule has 12 heavy (non-hydrogen) atoms. The summed E-state index contributed by atoms with van der Waals surface area (Å²) < 4.78 is 0. The molecule has 0 radical (unpaired) electrons. The number of hydrogen-bond donors (Lipinski definition) is 0. The number of nitro benzene ring substituents is 1. The van der Waals surface area contributed by atoms with Crippen LogP contribution >= 0.6 is 0 Å². The van der Waals surface area contributed by atoms with Crippen molar-refractivity contribution < 1.29 is 4.92 Å². The molecule has 0 fully saturated rings. The van der Waals surface area contributed by atoms with Crippen LogP contribution in [0.15, 0.2) is 18.2 Å². The van der Waals surface area contributed by atoms with Gasteiger partial charge in [-0.1, -0.05) is 0 Å². The molecule has 0 spiro atoms. The van der Waals surface area contributed by atoms with Gasteiger partial charge in [0, 0.05) is 11.6 Å². The van der Waals surface area contributed by atoms with Gasteiger partial charge < -0.3 is 0 Å². The maximum absolute atomic E-state index is 10.3. The van der Waals surface area contributed by atoms with Gasteiger partial charge in [-0.25, -0.2) is 0 Å². The van der Waals surface area contributed by atoms with Crippen LogP contribution in [-0.4, -0.2) is 4.92 Å². The van der Waals surface area contributed by atoms with Crippen molar-refractivity contribution in [1.82, 2.24) is 0 Å². The molecule has 0 aliphatic rings. The van der Waals surface area contributed by atoms with Crippen molar-refractivity contribution in [1.29, 1.82) is 5.39 Å². The van der Waals surface area contributed by atoms with E-state index in [1.54, 1.807) is 6.92 Å². The van der Waals surface area contributed by atoms with E-state index in [2.05, 4.69) is 4.98 Å². The van der Waals surface area contributed by atoms with E-state index < -0.39 is 4.92 Å². The molecule has 5 heteroatoms.